The van der Waals surface area contributed by atoms with Crippen molar-refractivity contribution in [1.82, 2.24) is 14.9 Å². The number of amides is 1. The second kappa shape index (κ2) is 7.31. The summed E-state index contributed by atoms with van der Waals surface area (Å²) in [5.41, 5.74) is 1.23. The Kier molecular flexibility index (Phi) is 4.96. The van der Waals surface area contributed by atoms with Crippen molar-refractivity contribution in [1.29, 1.82) is 0 Å². The SMILES string of the molecule is CCNC(=O)CSc1nc2ccccc2c(=O)n1-c1ccccc1. The van der Waals surface area contributed by atoms with Crippen LogP contribution >= 0.6 is 11.8 Å². The highest BCUT2D eigenvalue weighted by atomic mass is 32.2. The first-order valence-corrected chi connectivity index (χ1v) is 8.66. The number of nitrogens with zero attached hydrogens (tertiary/aromatic N) is 2. The van der Waals surface area contributed by atoms with Crippen LogP contribution in [0.4, 0.5) is 0 Å². The Morgan fingerprint density at radius 3 is 2.58 bits per heavy atom. The summed E-state index contributed by atoms with van der Waals surface area (Å²) in [7, 11) is 0. The molecule has 1 N–H and O–H groups in total. The van der Waals surface area contributed by atoms with Crippen molar-refractivity contribution in [2.24, 2.45) is 0 Å². The molecule has 0 saturated carbocycles. The van der Waals surface area contributed by atoms with Crippen molar-refractivity contribution in [3.8, 4) is 5.69 Å². The largest absolute Gasteiger partial charge is 0.356 e. The zero-order chi connectivity index (χ0) is 16.9. The molecule has 0 unspecified atom stereocenters. The Hall–Kier alpha value is -2.60. The van der Waals surface area contributed by atoms with E-state index in [4.69, 9.17) is 0 Å². The van der Waals surface area contributed by atoms with Gasteiger partial charge in [0.1, 0.15) is 0 Å². The third-order valence-corrected chi connectivity index (χ3v) is 4.40. The number of thioether (sulfide) groups is 1. The Labute approximate surface area is 143 Å². The lowest BCUT2D eigenvalue weighted by Gasteiger charge is -2.13. The number of hydrogen-bond donors (Lipinski definition) is 1. The molecule has 1 amide bonds. The maximum atomic E-state index is 12.9. The van der Waals surface area contributed by atoms with Gasteiger partial charge in [0.15, 0.2) is 5.16 Å². The molecular formula is C18H17N3O2S. The average molecular weight is 339 g/mol. The minimum atomic E-state index is -0.134. The number of rotatable bonds is 5. The number of fused-ring (bicyclic) bond motifs is 1. The van der Waals surface area contributed by atoms with Crippen LogP contribution in [0.5, 0.6) is 0 Å². The molecule has 1 aromatic heterocycles. The summed E-state index contributed by atoms with van der Waals surface area (Å²) < 4.78 is 1.56. The molecule has 5 nitrogen and oxygen atoms in total. The second-order valence-corrected chi connectivity index (χ2v) is 6.07. The highest BCUT2D eigenvalue weighted by Gasteiger charge is 2.14. The highest BCUT2D eigenvalue weighted by molar-refractivity contribution is 7.99. The zero-order valence-electron chi connectivity index (χ0n) is 13.2. The Morgan fingerprint density at radius 1 is 1.12 bits per heavy atom. The maximum Gasteiger partial charge on any atom is 0.266 e. The lowest BCUT2D eigenvalue weighted by molar-refractivity contribution is -0.118. The molecule has 0 aliphatic heterocycles. The summed E-state index contributed by atoms with van der Waals surface area (Å²) in [6.07, 6.45) is 0. The van der Waals surface area contributed by atoms with E-state index in [2.05, 4.69) is 10.3 Å². The minimum Gasteiger partial charge on any atom is -0.356 e. The molecule has 122 valence electrons. The molecule has 1 heterocycles. The van der Waals surface area contributed by atoms with Crippen LogP contribution in [0.3, 0.4) is 0 Å². The number of nitrogens with one attached hydrogen (secondary N) is 1. The molecule has 0 aliphatic rings. The number of carbonyl (C=O) groups is 1. The third-order valence-electron chi connectivity index (χ3n) is 3.47. The minimum absolute atomic E-state index is 0.0791. The van der Waals surface area contributed by atoms with Gasteiger partial charge in [0, 0.05) is 6.54 Å². The normalized spacial score (nSPS) is 10.7. The fraction of sp³-hybridized carbons (Fsp3) is 0.167. The van der Waals surface area contributed by atoms with Gasteiger partial charge in [-0.2, -0.15) is 0 Å². The van der Waals surface area contributed by atoms with Crippen molar-refractivity contribution in [2.75, 3.05) is 12.3 Å². The van der Waals surface area contributed by atoms with Crippen LogP contribution in [-0.2, 0) is 4.79 Å². The molecule has 24 heavy (non-hydrogen) atoms. The average Bonchev–Trinajstić information content (AvgIpc) is 2.61. The molecule has 0 atom stereocenters. The highest BCUT2D eigenvalue weighted by Crippen LogP contribution is 2.21. The van der Waals surface area contributed by atoms with Gasteiger partial charge < -0.3 is 5.32 Å². The molecule has 3 rings (SSSR count). The summed E-state index contributed by atoms with van der Waals surface area (Å²) in [6, 6.07) is 16.6. The van der Waals surface area contributed by atoms with Crippen LogP contribution in [0.15, 0.2) is 64.5 Å². The van der Waals surface area contributed by atoms with Gasteiger partial charge in [-0.25, -0.2) is 4.98 Å². The summed E-state index contributed by atoms with van der Waals surface area (Å²) in [5.74, 6) is 0.135. The maximum absolute atomic E-state index is 12.9. The fourth-order valence-electron chi connectivity index (χ4n) is 2.39. The monoisotopic (exact) mass is 339 g/mol. The Balaban J connectivity index is 2.11. The van der Waals surface area contributed by atoms with Crippen LogP contribution in [-0.4, -0.2) is 27.8 Å². The van der Waals surface area contributed by atoms with Gasteiger partial charge in [0.05, 0.1) is 22.3 Å². The van der Waals surface area contributed by atoms with E-state index in [9.17, 15) is 9.59 Å². The fourth-order valence-corrected chi connectivity index (χ4v) is 3.23. The van der Waals surface area contributed by atoms with Crippen LogP contribution in [0.2, 0.25) is 0 Å². The predicted molar refractivity (Wildman–Crippen MR) is 96.7 cm³/mol. The van der Waals surface area contributed by atoms with Crippen LogP contribution in [0.25, 0.3) is 16.6 Å². The summed E-state index contributed by atoms with van der Waals surface area (Å²) in [4.78, 5) is 29.3. The molecule has 2 aromatic carbocycles. The smallest absolute Gasteiger partial charge is 0.266 e. The lowest BCUT2D eigenvalue weighted by atomic mass is 10.2. The van der Waals surface area contributed by atoms with Crippen LogP contribution in [0, 0.1) is 0 Å². The molecular weight excluding hydrogens is 322 g/mol. The zero-order valence-corrected chi connectivity index (χ0v) is 14.0. The van der Waals surface area contributed by atoms with Crippen molar-refractivity contribution in [3.05, 3.63) is 65.0 Å². The number of para-hydroxylation sites is 2. The molecule has 0 bridgehead atoms. The summed E-state index contributed by atoms with van der Waals surface area (Å²) in [6.45, 7) is 2.45. The molecule has 0 aliphatic carbocycles. The summed E-state index contributed by atoms with van der Waals surface area (Å²) >= 11 is 1.26. The number of aromatic nitrogens is 2. The molecule has 0 saturated heterocycles. The van der Waals surface area contributed by atoms with Gasteiger partial charge in [0.2, 0.25) is 5.91 Å². The molecule has 6 heteroatoms. The Bertz CT molecular complexity index is 922. The Morgan fingerprint density at radius 2 is 1.83 bits per heavy atom. The molecule has 3 aromatic rings. The van der Waals surface area contributed by atoms with Crippen molar-refractivity contribution >= 4 is 28.6 Å². The van der Waals surface area contributed by atoms with Gasteiger partial charge in [-0.1, -0.05) is 42.1 Å². The van der Waals surface area contributed by atoms with Crippen molar-refractivity contribution in [2.45, 2.75) is 12.1 Å². The van der Waals surface area contributed by atoms with E-state index in [0.29, 0.717) is 22.6 Å². The number of carbonyl (C=O) groups excluding carboxylic acids is 1. The standard InChI is InChI=1S/C18H17N3O2S/c1-2-19-16(22)12-24-18-20-15-11-7-6-10-14(15)17(23)21(18)13-8-4-3-5-9-13/h3-11H,2,12H2,1H3,(H,19,22). The van der Waals surface area contributed by atoms with Crippen LogP contribution < -0.4 is 10.9 Å². The van der Waals surface area contributed by atoms with Crippen molar-refractivity contribution < 1.29 is 4.79 Å². The first-order chi connectivity index (χ1) is 11.7. The van der Waals surface area contributed by atoms with E-state index >= 15 is 0 Å². The topological polar surface area (TPSA) is 64.0 Å². The summed E-state index contributed by atoms with van der Waals surface area (Å²) in [5, 5.41) is 3.82. The first kappa shape index (κ1) is 16.3. The quantitative estimate of drug-likeness (QED) is 0.573. The molecule has 0 radical (unpaired) electrons. The first-order valence-electron chi connectivity index (χ1n) is 7.67. The predicted octanol–water partition coefficient (Wildman–Crippen LogP) is 2.61. The van der Waals surface area contributed by atoms with Gasteiger partial charge in [-0.05, 0) is 31.2 Å². The molecule has 0 fully saturated rings. The van der Waals surface area contributed by atoms with E-state index in [1.165, 1.54) is 11.8 Å². The van der Waals surface area contributed by atoms with E-state index < -0.39 is 0 Å². The third kappa shape index (κ3) is 3.33. The van der Waals surface area contributed by atoms with Gasteiger partial charge >= 0.3 is 0 Å². The van der Waals surface area contributed by atoms with E-state index in [-0.39, 0.29) is 17.2 Å². The number of benzene rings is 2. The lowest BCUT2D eigenvalue weighted by Crippen LogP contribution is -2.26. The molecule has 0 spiro atoms. The van der Waals surface area contributed by atoms with Gasteiger partial charge in [-0.3, -0.25) is 14.2 Å². The second-order valence-electron chi connectivity index (χ2n) is 5.13. The van der Waals surface area contributed by atoms with E-state index in [1.54, 1.807) is 10.6 Å². The van der Waals surface area contributed by atoms with E-state index in [0.717, 1.165) is 5.69 Å². The van der Waals surface area contributed by atoms with Gasteiger partial charge in [0.25, 0.3) is 5.56 Å². The van der Waals surface area contributed by atoms with E-state index in [1.807, 2.05) is 55.5 Å². The number of hydrogen-bond acceptors (Lipinski definition) is 4. The van der Waals surface area contributed by atoms with Crippen LogP contribution in [0.1, 0.15) is 6.92 Å². The van der Waals surface area contributed by atoms with Gasteiger partial charge in [-0.15, -0.1) is 0 Å². The van der Waals surface area contributed by atoms with Crippen molar-refractivity contribution in [3.63, 3.8) is 0 Å².